The van der Waals surface area contributed by atoms with Crippen LogP contribution in [0, 0.1) is 0 Å². The van der Waals surface area contributed by atoms with E-state index in [-0.39, 0.29) is 18.2 Å². The summed E-state index contributed by atoms with van der Waals surface area (Å²) in [4.78, 5) is 18.8. The van der Waals surface area contributed by atoms with Crippen molar-refractivity contribution in [2.45, 2.75) is 38.5 Å². The van der Waals surface area contributed by atoms with Crippen LogP contribution in [0.5, 0.6) is 0 Å². The maximum atomic E-state index is 12.1. The van der Waals surface area contributed by atoms with Gasteiger partial charge in [0.25, 0.3) is 0 Å². The molecule has 0 saturated carbocycles. The van der Waals surface area contributed by atoms with E-state index in [2.05, 4.69) is 20.5 Å². The van der Waals surface area contributed by atoms with Gasteiger partial charge in [-0.25, -0.2) is 9.78 Å². The molecule has 3 rings (SSSR count). The van der Waals surface area contributed by atoms with Gasteiger partial charge in [-0.2, -0.15) is 0 Å². The van der Waals surface area contributed by atoms with Gasteiger partial charge in [-0.05, 0) is 25.8 Å². The second-order valence-electron chi connectivity index (χ2n) is 6.25. The Kier molecular flexibility index (Phi) is 5.87. The van der Waals surface area contributed by atoms with Gasteiger partial charge in [0.15, 0.2) is 0 Å². The van der Waals surface area contributed by atoms with Gasteiger partial charge in [0.05, 0.1) is 25.4 Å². The summed E-state index contributed by atoms with van der Waals surface area (Å²) in [5.74, 6) is 0.924. The maximum Gasteiger partial charge on any atom is 0.315 e. The lowest BCUT2D eigenvalue weighted by atomic mass is 10.1. The fraction of sp³-hybridized carbons (Fsp3) is 0.647. The van der Waals surface area contributed by atoms with Gasteiger partial charge in [-0.15, -0.1) is 0 Å². The number of hydrogen-bond donors (Lipinski definition) is 2. The number of anilines is 1. The number of aromatic nitrogens is 1. The lowest BCUT2D eigenvalue weighted by Crippen LogP contribution is -2.46. The smallest absolute Gasteiger partial charge is 0.315 e. The SMILES string of the molecule is C[C@H](NC(=O)NCc1cccnc1N1CCOCC1)[C@H]1CCCO1. The van der Waals surface area contributed by atoms with E-state index in [0.717, 1.165) is 43.9 Å². The molecule has 7 heteroatoms. The number of urea groups is 1. The van der Waals surface area contributed by atoms with E-state index < -0.39 is 0 Å². The lowest BCUT2D eigenvalue weighted by Gasteiger charge is -2.29. The van der Waals surface area contributed by atoms with E-state index in [1.54, 1.807) is 6.20 Å². The molecule has 0 bridgehead atoms. The van der Waals surface area contributed by atoms with Crippen LogP contribution in [-0.2, 0) is 16.0 Å². The Balaban J connectivity index is 1.53. The van der Waals surface area contributed by atoms with Crippen LogP contribution >= 0.6 is 0 Å². The van der Waals surface area contributed by atoms with Crippen molar-refractivity contribution in [3.8, 4) is 0 Å². The largest absolute Gasteiger partial charge is 0.378 e. The molecule has 1 aromatic rings. The van der Waals surface area contributed by atoms with Gasteiger partial charge in [-0.1, -0.05) is 6.07 Å². The Hall–Kier alpha value is -1.86. The predicted molar refractivity (Wildman–Crippen MR) is 91.1 cm³/mol. The van der Waals surface area contributed by atoms with Crippen LogP contribution < -0.4 is 15.5 Å². The molecule has 2 aliphatic rings. The Morgan fingerprint density at radius 3 is 3.00 bits per heavy atom. The van der Waals surface area contributed by atoms with Crippen molar-refractivity contribution in [2.75, 3.05) is 37.8 Å². The average Bonchev–Trinajstić information content (AvgIpc) is 3.16. The monoisotopic (exact) mass is 334 g/mol. The molecule has 2 amide bonds. The van der Waals surface area contributed by atoms with Gasteiger partial charge in [0, 0.05) is 38.0 Å². The van der Waals surface area contributed by atoms with Crippen LogP contribution in [0.15, 0.2) is 18.3 Å². The highest BCUT2D eigenvalue weighted by Gasteiger charge is 2.23. The number of amides is 2. The molecule has 2 atom stereocenters. The van der Waals surface area contributed by atoms with Crippen LogP contribution in [0.4, 0.5) is 10.6 Å². The van der Waals surface area contributed by atoms with E-state index in [9.17, 15) is 4.79 Å². The summed E-state index contributed by atoms with van der Waals surface area (Å²) >= 11 is 0. The topological polar surface area (TPSA) is 75.7 Å². The van der Waals surface area contributed by atoms with Gasteiger partial charge >= 0.3 is 6.03 Å². The zero-order chi connectivity index (χ0) is 16.8. The molecule has 24 heavy (non-hydrogen) atoms. The minimum Gasteiger partial charge on any atom is -0.378 e. The second kappa shape index (κ2) is 8.30. The third-order valence-corrected chi connectivity index (χ3v) is 4.50. The molecule has 0 aliphatic carbocycles. The van der Waals surface area contributed by atoms with Crippen LogP contribution in [-0.4, -0.2) is 56.1 Å². The zero-order valence-corrected chi connectivity index (χ0v) is 14.2. The third-order valence-electron chi connectivity index (χ3n) is 4.50. The van der Waals surface area contributed by atoms with Crippen LogP contribution in [0.2, 0.25) is 0 Å². The Labute approximate surface area is 142 Å². The van der Waals surface area contributed by atoms with Crippen molar-refractivity contribution in [2.24, 2.45) is 0 Å². The molecule has 2 aliphatic heterocycles. The molecule has 2 saturated heterocycles. The van der Waals surface area contributed by atoms with E-state index in [1.807, 2.05) is 19.1 Å². The number of carbonyl (C=O) groups excluding carboxylic acids is 1. The number of nitrogens with one attached hydrogen (secondary N) is 2. The summed E-state index contributed by atoms with van der Waals surface area (Å²) in [5, 5.41) is 5.89. The summed E-state index contributed by atoms with van der Waals surface area (Å²) in [7, 11) is 0. The van der Waals surface area contributed by atoms with Crippen molar-refractivity contribution >= 4 is 11.8 Å². The Bertz CT molecular complexity index is 542. The number of nitrogens with zero attached hydrogens (tertiary/aromatic N) is 2. The molecular weight excluding hydrogens is 308 g/mol. The first kappa shape index (κ1) is 17.0. The molecule has 3 heterocycles. The normalized spacial score (nSPS) is 22.2. The fourth-order valence-corrected chi connectivity index (χ4v) is 3.15. The molecular formula is C17H26N4O3. The van der Waals surface area contributed by atoms with E-state index in [4.69, 9.17) is 9.47 Å². The average molecular weight is 334 g/mol. The van der Waals surface area contributed by atoms with Crippen molar-refractivity contribution in [3.05, 3.63) is 23.9 Å². The standard InChI is InChI=1S/C17H26N4O3/c1-13(15-5-3-9-24-15)20-17(22)19-12-14-4-2-6-18-16(14)21-7-10-23-11-8-21/h2,4,6,13,15H,3,5,7-12H2,1H3,(H2,19,20,22)/t13-,15+/m0/s1. The first-order valence-electron chi connectivity index (χ1n) is 8.66. The molecule has 2 N–H and O–H groups in total. The molecule has 0 unspecified atom stereocenters. The van der Waals surface area contributed by atoms with Gasteiger partial charge in [0.1, 0.15) is 5.82 Å². The highest BCUT2D eigenvalue weighted by molar-refractivity contribution is 5.74. The molecule has 7 nitrogen and oxygen atoms in total. The summed E-state index contributed by atoms with van der Waals surface area (Å²) in [5.41, 5.74) is 1.01. The van der Waals surface area contributed by atoms with Crippen LogP contribution in [0.3, 0.4) is 0 Å². The van der Waals surface area contributed by atoms with E-state index in [1.165, 1.54) is 0 Å². The number of rotatable bonds is 5. The summed E-state index contributed by atoms with van der Waals surface area (Å²) in [6.07, 6.45) is 3.98. The maximum absolute atomic E-state index is 12.1. The summed E-state index contributed by atoms with van der Waals surface area (Å²) < 4.78 is 11.0. The first-order chi connectivity index (χ1) is 11.7. The van der Waals surface area contributed by atoms with Gasteiger partial charge in [-0.3, -0.25) is 0 Å². The van der Waals surface area contributed by atoms with E-state index in [0.29, 0.717) is 19.8 Å². The summed E-state index contributed by atoms with van der Waals surface area (Å²) in [6, 6.07) is 3.74. The molecule has 0 aromatic carbocycles. The number of carbonyl (C=O) groups is 1. The predicted octanol–water partition coefficient (Wildman–Crippen LogP) is 1.28. The van der Waals surface area contributed by atoms with E-state index >= 15 is 0 Å². The minimum atomic E-state index is -0.171. The van der Waals surface area contributed by atoms with Crippen molar-refractivity contribution < 1.29 is 14.3 Å². The molecule has 1 aromatic heterocycles. The second-order valence-corrected chi connectivity index (χ2v) is 6.25. The highest BCUT2D eigenvalue weighted by atomic mass is 16.5. The fourth-order valence-electron chi connectivity index (χ4n) is 3.15. The van der Waals surface area contributed by atoms with Crippen molar-refractivity contribution in [1.82, 2.24) is 15.6 Å². The first-order valence-corrected chi connectivity index (χ1v) is 8.66. The number of ether oxygens (including phenoxy) is 2. The molecule has 0 radical (unpaired) electrons. The van der Waals surface area contributed by atoms with Crippen molar-refractivity contribution in [1.29, 1.82) is 0 Å². The highest BCUT2D eigenvalue weighted by Crippen LogP contribution is 2.18. The Morgan fingerprint density at radius 1 is 1.42 bits per heavy atom. The third kappa shape index (κ3) is 4.36. The van der Waals surface area contributed by atoms with Crippen LogP contribution in [0.1, 0.15) is 25.3 Å². The zero-order valence-electron chi connectivity index (χ0n) is 14.2. The van der Waals surface area contributed by atoms with Gasteiger partial charge < -0.3 is 25.0 Å². The van der Waals surface area contributed by atoms with Gasteiger partial charge in [0.2, 0.25) is 0 Å². The summed E-state index contributed by atoms with van der Waals surface area (Å²) in [6.45, 7) is 6.30. The quantitative estimate of drug-likeness (QED) is 0.848. The lowest BCUT2D eigenvalue weighted by molar-refractivity contribution is 0.0860. The number of hydrogen-bond acceptors (Lipinski definition) is 5. The number of morpholine rings is 1. The minimum absolute atomic E-state index is 0.0140. The van der Waals surface area contributed by atoms with Crippen LogP contribution in [0.25, 0.3) is 0 Å². The molecule has 132 valence electrons. The molecule has 0 spiro atoms. The Morgan fingerprint density at radius 2 is 2.25 bits per heavy atom. The number of pyridine rings is 1. The van der Waals surface area contributed by atoms with Crippen molar-refractivity contribution in [3.63, 3.8) is 0 Å². The molecule has 2 fully saturated rings.